The van der Waals surface area contributed by atoms with Crippen LogP contribution in [0.3, 0.4) is 0 Å². The van der Waals surface area contributed by atoms with Gasteiger partial charge in [0.2, 0.25) is 11.8 Å². The highest BCUT2D eigenvalue weighted by molar-refractivity contribution is 5.85. The number of nitrogens with two attached hydrogens (primary N) is 1. The number of carbonyl (C=O) groups excluding carboxylic acids is 1. The van der Waals surface area contributed by atoms with Crippen LogP contribution in [0.5, 0.6) is 11.5 Å². The molecule has 0 bridgehead atoms. The summed E-state index contributed by atoms with van der Waals surface area (Å²) in [6.07, 6.45) is 1.49. The van der Waals surface area contributed by atoms with Gasteiger partial charge in [-0.25, -0.2) is 9.97 Å². The molecule has 4 aromatic carbocycles. The predicted octanol–water partition coefficient (Wildman–Crippen LogP) is 8.04. The van der Waals surface area contributed by atoms with Gasteiger partial charge in [0.05, 0.1) is 0 Å². The molecule has 1 aliphatic heterocycles. The van der Waals surface area contributed by atoms with Crippen LogP contribution in [0.1, 0.15) is 35.1 Å². The summed E-state index contributed by atoms with van der Waals surface area (Å²) in [6, 6.07) is 16.6. The van der Waals surface area contributed by atoms with Crippen molar-refractivity contribution in [2.24, 2.45) is 5.73 Å². The van der Waals surface area contributed by atoms with Crippen LogP contribution in [-0.2, 0) is 22.7 Å². The summed E-state index contributed by atoms with van der Waals surface area (Å²) >= 11 is 0. The van der Waals surface area contributed by atoms with Gasteiger partial charge in [0.15, 0.2) is 11.2 Å². The van der Waals surface area contributed by atoms with Gasteiger partial charge in [0.1, 0.15) is 35.2 Å². The number of fused-ring (bicyclic) bond motifs is 2. The molecule has 7 rings (SSSR count). The van der Waals surface area contributed by atoms with E-state index in [9.17, 15) is 22.4 Å². The van der Waals surface area contributed by atoms with Crippen molar-refractivity contribution in [1.82, 2.24) is 15.3 Å². The lowest BCUT2D eigenvalue weighted by Gasteiger charge is -2.14. The monoisotopic (exact) mass is 704 g/mol. The molecule has 0 amide bonds. The lowest BCUT2D eigenvalue weighted by molar-refractivity contribution is -0.147. The number of aromatic nitrogens is 2. The molecule has 3 N–H and O–H groups in total. The third kappa shape index (κ3) is 6.84. The molecule has 14 heteroatoms. The molecular weight excluding hydrogens is 672 g/mol. The SMILES string of the molecule is Cc1c(-c2nc3cc(CN)c(OC(F)F)cc3o2)cccc1-c1cccc(-c2nc3cc(COC(=O)[C@@H]4CCCN4)c(OC(F)F)cc3o2)c1C. The Hall–Kier alpha value is -5.47. The smallest absolute Gasteiger partial charge is 0.387 e. The van der Waals surface area contributed by atoms with Gasteiger partial charge >= 0.3 is 19.2 Å². The van der Waals surface area contributed by atoms with E-state index in [1.54, 1.807) is 6.07 Å². The van der Waals surface area contributed by atoms with Crippen molar-refractivity contribution < 1.29 is 45.4 Å². The zero-order valence-corrected chi connectivity index (χ0v) is 27.5. The maximum atomic E-state index is 13.4. The van der Waals surface area contributed by atoms with Crippen LogP contribution >= 0.6 is 0 Å². The van der Waals surface area contributed by atoms with Gasteiger partial charge < -0.3 is 34.1 Å². The number of benzene rings is 4. The van der Waals surface area contributed by atoms with Crippen LogP contribution < -0.4 is 20.5 Å². The molecule has 1 fully saturated rings. The molecule has 0 radical (unpaired) electrons. The number of ether oxygens (including phenoxy) is 3. The molecule has 0 unspecified atom stereocenters. The number of hydrogen-bond acceptors (Lipinski definition) is 10. The van der Waals surface area contributed by atoms with Crippen molar-refractivity contribution in [1.29, 1.82) is 0 Å². The summed E-state index contributed by atoms with van der Waals surface area (Å²) in [5.41, 5.74) is 12.4. The second kappa shape index (κ2) is 14.0. The van der Waals surface area contributed by atoms with Crippen molar-refractivity contribution in [2.75, 3.05) is 6.54 Å². The van der Waals surface area contributed by atoms with Crippen molar-refractivity contribution in [3.05, 3.63) is 82.9 Å². The van der Waals surface area contributed by atoms with Crippen LogP contribution in [0.15, 0.2) is 69.5 Å². The summed E-state index contributed by atoms with van der Waals surface area (Å²) in [6.45, 7) is -1.89. The summed E-state index contributed by atoms with van der Waals surface area (Å²) in [5.74, 6) is -0.177. The van der Waals surface area contributed by atoms with E-state index in [1.165, 1.54) is 18.2 Å². The maximum Gasteiger partial charge on any atom is 0.387 e. The van der Waals surface area contributed by atoms with Crippen LogP contribution in [0, 0.1) is 13.8 Å². The predicted molar refractivity (Wildman–Crippen MR) is 179 cm³/mol. The molecule has 0 saturated carbocycles. The molecule has 1 atom stereocenters. The number of carbonyl (C=O) groups is 1. The number of oxazole rings is 2. The fraction of sp³-hybridized carbons (Fsp3) is 0.270. The van der Waals surface area contributed by atoms with Crippen LogP contribution in [0.25, 0.3) is 56.2 Å². The normalized spacial score (nSPS) is 14.6. The molecule has 1 saturated heterocycles. The molecule has 1 aliphatic rings. The van der Waals surface area contributed by atoms with E-state index in [2.05, 4.69) is 20.0 Å². The number of alkyl halides is 4. The van der Waals surface area contributed by atoms with Gasteiger partial charge in [-0.1, -0.05) is 24.3 Å². The Kier molecular flexibility index (Phi) is 9.36. The van der Waals surface area contributed by atoms with Crippen molar-refractivity contribution in [3.63, 3.8) is 0 Å². The van der Waals surface area contributed by atoms with Gasteiger partial charge in [-0.2, -0.15) is 17.6 Å². The van der Waals surface area contributed by atoms with Gasteiger partial charge in [-0.15, -0.1) is 0 Å². The lowest BCUT2D eigenvalue weighted by Crippen LogP contribution is -2.32. The van der Waals surface area contributed by atoms with E-state index < -0.39 is 25.2 Å². The topological polar surface area (TPSA) is 135 Å². The van der Waals surface area contributed by atoms with Gasteiger partial charge in [0.25, 0.3) is 0 Å². The Bertz CT molecular complexity index is 2250. The molecule has 264 valence electrons. The van der Waals surface area contributed by atoms with E-state index in [0.717, 1.165) is 28.7 Å². The second-order valence-corrected chi connectivity index (χ2v) is 12.1. The number of esters is 1. The molecular formula is C37H32F4N4O6. The third-order valence-electron chi connectivity index (χ3n) is 8.93. The first-order valence-electron chi connectivity index (χ1n) is 16.2. The first-order valence-corrected chi connectivity index (χ1v) is 16.2. The third-order valence-corrected chi connectivity index (χ3v) is 8.93. The van der Waals surface area contributed by atoms with Gasteiger partial charge in [-0.05, 0) is 79.8 Å². The van der Waals surface area contributed by atoms with E-state index in [4.69, 9.17) is 24.0 Å². The van der Waals surface area contributed by atoms with Crippen molar-refractivity contribution >= 4 is 28.2 Å². The standard InChI is InChI=1S/C37H32F4N4O6/c1-18-22(6-3-8-24(18)33-44-27-12-20(16-42)29(50-36(38)39)14-31(27)48-33)23-7-4-9-25(19(23)2)34-45-28-13-21(17-47-35(46)26-10-5-11-43-26)30(51-37(40)41)15-32(28)49-34/h3-4,6-9,12-15,26,36-37,43H,5,10-11,16-17,42H2,1-2H3/t26-/m0/s1. The first-order chi connectivity index (χ1) is 24.6. The molecule has 0 aliphatic carbocycles. The number of rotatable bonds is 11. The lowest BCUT2D eigenvalue weighted by atomic mass is 9.91. The molecule has 2 aromatic heterocycles. The van der Waals surface area contributed by atoms with Crippen LogP contribution in [0.2, 0.25) is 0 Å². The molecule has 6 aromatic rings. The summed E-state index contributed by atoms with van der Waals surface area (Å²) < 4.78 is 79.6. The average molecular weight is 705 g/mol. The Morgan fingerprint density at radius 1 is 0.824 bits per heavy atom. The minimum absolute atomic E-state index is 0.0239. The van der Waals surface area contributed by atoms with Gasteiger partial charge in [-0.3, -0.25) is 4.79 Å². The van der Waals surface area contributed by atoms with E-state index >= 15 is 0 Å². The summed E-state index contributed by atoms with van der Waals surface area (Å²) in [7, 11) is 0. The van der Waals surface area contributed by atoms with E-state index in [1.807, 2.05) is 50.2 Å². The Balaban J connectivity index is 1.22. The number of hydrogen-bond donors (Lipinski definition) is 2. The van der Waals surface area contributed by atoms with Gasteiger partial charge in [0, 0.05) is 40.9 Å². The fourth-order valence-electron chi connectivity index (χ4n) is 6.36. The number of nitrogens with one attached hydrogen (secondary N) is 1. The highest BCUT2D eigenvalue weighted by Crippen LogP contribution is 2.39. The van der Waals surface area contributed by atoms with Crippen molar-refractivity contribution in [3.8, 4) is 45.5 Å². The minimum atomic E-state index is -3.11. The zero-order valence-electron chi connectivity index (χ0n) is 27.5. The average Bonchev–Trinajstić information content (AvgIpc) is 3.87. The molecule has 10 nitrogen and oxygen atoms in total. The maximum absolute atomic E-state index is 13.4. The summed E-state index contributed by atoms with van der Waals surface area (Å²) in [4.78, 5) is 21.8. The Morgan fingerprint density at radius 2 is 1.33 bits per heavy atom. The highest BCUT2D eigenvalue weighted by atomic mass is 19.3. The summed E-state index contributed by atoms with van der Waals surface area (Å²) in [5, 5.41) is 3.05. The molecule has 3 heterocycles. The van der Waals surface area contributed by atoms with Crippen LogP contribution in [0.4, 0.5) is 17.6 Å². The molecule has 51 heavy (non-hydrogen) atoms. The minimum Gasteiger partial charge on any atom is -0.460 e. The molecule has 0 spiro atoms. The van der Waals surface area contributed by atoms with Crippen molar-refractivity contribution in [2.45, 2.75) is 59.1 Å². The number of nitrogens with zero attached hydrogens (tertiary/aromatic N) is 2. The second-order valence-electron chi connectivity index (χ2n) is 12.1. The fourth-order valence-corrected chi connectivity index (χ4v) is 6.36. The largest absolute Gasteiger partial charge is 0.460 e. The first kappa shape index (κ1) is 34.0. The van der Waals surface area contributed by atoms with E-state index in [0.29, 0.717) is 40.7 Å². The van der Waals surface area contributed by atoms with E-state index in [-0.39, 0.29) is 53.2 Å². The highest BCUT2D eigenvalue weighted by Gasteiger charge is 2.25. The quantitative estimate of drug-likeness (QED) is 0.101. The van der Waals surface area contributed by atoms with Crippen LogP contribution in [-0.4, -0.2) is 41.7 Å². The number of halogens is 4. The zero-order chi connectivity index (χ0) is 35.8. The Labute approximate surface area is 288 Å². The Morgan fingerprint density at radius 3 is 1.82 bits per heavy atom.